The van der Waals surface area contributed by atoms with Crippen molar-refractivity contribution in [1.29, 1.82) is 0 Å². The van der Waals surface area contributed by atoms with Crippen molar-refractivity contribution in [2.24, 2.45) is 0 Å². The molecule has 0 unspecified atom stereocenters. The van der Waals surface area contributed by atoms with Crippen molar-refractivity contribution in [3.63, 3.8) is 0 Å². The maximum atomic E-state index is 4.85. The molecular formula is C27H18N6. The quantitative estimate of drug-likeness (QED) is 0.368. The fourth-order valence-electron chi connectivity index (χ4n) is 4.29. The van der Waals surface area contributed by atoms with Gasteiger partial charge < -0.3 is 13.2 Å². The summed E-state index contributed by atoms with van der Waals surface area (Å²) in [5.41, 5.74) is 8.58. The molecule has 0 spiro atoms. The first kappa shape index (κ1) is 17.9. The summed E-state index contributed by atoms with van der Waals surface area (Å²) < 4.78 is 6.12. The molecule has 6 aromatic heterocycles. The van der Waals surface area contributed by atoms with Crippen molar-refractivity contribution in [2.75, 3.05) is 0 Å². The fraction of sp³-hybridized carbons (Fsp3) is 0. The molecule has 0 amide bonds. The Bertz CT molecular complexity index is 1460. The lowest BCUT2D eigenvalue weighted by atomic mass is 10.0. The van der Waals surface area contributed by atoms with Crippen molar-refractivity contribution in [3.05, 3.63) is 110 Å². The molecule has 0 atom stereocenters. The lowest BCUT2D eigenvalue weighted by Gasteiger charge is -2.06. The van der Waals surface area contributed by atoms with Gasteiger partial charge in [-0.25, -0.2) is 15.0 Å². The maximum absolute atomic E-state index is 4.85. The Labute approximate surface area is 189 Å². The third-order valence-corrected chi connectivity index (χ3v) is 5.91. The van der Waals surface area contributed by atoms with Gasteiger partial charge in [-0.3, -0.25) is 0 Å². The summed E-state index contributed by atoms with van der Waals surface area (Å²) >= 11 is 0. The molecule has 7 aromatic rings. The van der Waals surface area contributed by atoms with E-state index in [1.807, 2.05) is 86.4 Å². The second-order valence-electron chi connectivity index (χ2n) is 8.08. The van der Waals surface area contributed by atoms with Crippen LogP contribution in [0.15, 0.2) is 110 Å². The number of rotatable bonds is 3. The molecule has 156 valence electrons. The molecule has 6 nitrogen and oxygen atoms in total. The molecule has 0 saturated heterocycles. The SMILES string of the molecule is c1ccn2cc(-c3cc(-c4cn5ccccc5n4)cc(-c4cn5ccccc5n4)c3)nc2c1. The van der Waals surface area contributed by atoms with Crippen LogP contribution in [0.2, 0.25) is 0 Å². The summed E-state index contributed by atoms with van der Waals surface area (Å²) in [7, 11) is 0. The predicted octanol–water partition coefficient (Wildman–Crippen LogP) is 5.63. The minimum atomic E-state index is 0.914. The Morgan fingerprint density at radius 2 is 0.758 bits per heavy atom. The zero-order valence-corrected chi connectivity index (χ0v) is 17.6. The van der Waals surface area contributed by atoms with Crippen LogP contribution in [0.1, 0.15) is 0 Å². The number of fused-ring (bicyclic) bond motifs is 3. The normalized spacial score (nSPS) is 11.6. The summed E-state index contributed by atoms with van der Waals surface area (Å²) in [5.74, 6) is 0. The van der Waals surface area contributed by atoms with E-state index in [2.05, 4.69) is 36.8 Å². The van der Waals surface area contributed by atoms with Crippen LogP contribution >= 0.6 is 0 Å². The van der Waals surface area contributed by atoms with Gasteiger partial charge in [-0.05, 0) is 54.6 Å². The van der Waals surface area contributed by atoms with E-state index >= 15 is 0 Å². The van der Waals surface area contributed by atoms with E-state index in [-0.39, 0.29) is 0 Å². The van der Waals surface area contributed by atoms with Crippen LogP contribution in [0.5, 0.6) is 0 Å². The van der Waals surface area contributed by atoms with Gasteiger partial charge in [-0.15, -0.1) is 0 Å². The number of benzene rings is 1. The Morgan fingerprint density at radius 1 is 0.424 bits per heavy atom. The monoisotopic (exact) mass is 426 g/mol. The van der Waals surface area contributed by atoms with Crippen molar-refractivity contribution < 1.29 is 0 Å². The molecule has 0 bridgehead atoms. The average molecular weight is 426 g/mol. The molecule has 7 rings (SSSR count). The van der Waals surface area contributed by atoms with Gasteiger partial charge in [-0.1, -0.05) is 18.2 Å². The second kappa shape index (κ2) is 6.90. The molecule has 0 aliphatic carbocycles. The minimum absolute atomic E-state index is 0.914. The van der Waals surface area contributed by atoms with Gasteiger partial charge in [0, 0.05) is 53.9 Å². The average Bonchev–Trinajstić information content (AvgIpc) is 3.59. The number of hydrogen-bond acceptors (Lipinski definition) is 3. The van der Waals surface area contributed by atoms with Gasteiger partial charge in [-0.2, -0.15) is 0 Å². The van der Waals surface area contributed by atoms with Crippen molar-refractivity contribution >= 4 is 16.9 Å². The highest BCUT2D eigenvalue weighted by atomic mass is 15.0. The van der Waals surface area contributed by atoms with Gasteiger partial charge in [0.25, 0.3) is 0 Å². The number of imidazole rings is 3. The van der Waals surface area contributed by atoms with Crippen LogP contribution in [0.25, 0.3) is 50.7 Å². The first-order valence-electron chi connectivity index (χ1n) is 10.8. The number of hydrogen-bond donors (Lipinski definition) is 0. The van der Waals surface area contributed by atoms with Gasteiger partial charge in [0.2, 0.25) is 0 Å². The number of nitrogens with zero attached hydrogens (tertiary/aromatic N) is 6. The second-order valence-corrected chi connectivity index (χ2v) is 8.08. The van der Waals surface area contributed by atoms with E-state index in [0.29, 0.717) is 0 Å². The van der Waals surface area contributed by atoms with E-state index in [9.17, 15) is 0 Å². The standard InChI is InChI=1S/C27H18N6/c1-4-10-31-16-22(28-25(31)7-1)19-13-20(23-17-32-11-5-2-8-26(32)29-23)15-21(14-19)24-18-33-12-6-3-9-27(33)30-24/h1-18H. The summed E-state index contributed by atoms with van der Waals surface area (Å²) in [5, 5.41) is 0. The molecule has 0 aliphatic rings. The minimum Gasteiger partial charge on any atom is -0.306 e. The van der Waals surface area contributed by atoms with Crippen LogP contribution < -0.4 is 0 Å². The van der Waals surface area contributed by atoms with E-state index in [4.69, 9.17) is 15.0 Å². The number of pyridine rings is 3. The maximum Gasteiger partial charge on any atom is 0.137 e. The third-order valence-electron chi connectivity index (χ3n) is 5.91. The van der Waals surface area contributed by atoms with Crippen LogP contribution in [0.3, 0.4) is 0 Å². The first-order chi connectivity index (χ1) is 16.3. The Morgan fingerprint density at radius 3 is 1.06 bits per heavy atom. The molecule has 0 aliphatic heterocycles. The van der Waals surface area contributed by atoms with Gasteiger partial charge in [0.1, 0.15) is 16.9 Å². The summed E-state index contributed by atoms with van der Waals surface area (Å²) in [6, 6.07) is 24.5. The van der Waals surface area contributed by atoms with Crippen LogP contribution in [0.4, 0.5) is 0 Å². The zero-order chi connectivity index (χ0) is 21.8. The zero-order valence-electron chi connectivity index (χ0n) is 17.6. The molecular weight excluding hydrogens is 408 g/mol. The van der Waals surface area contributed by atoms with Crippen LogP contribution in [0, 0.1) is 0 Å². The van der Waals surface area contributed by atoms with Crippen molar-refractivity contribution in [2.45, 2.75) is 0 Å². The predicted molar refractivity (Wildman–Crippen MR) is 129 cm³/mol. The molecule has 0 N–H and O–H groups in total. The Balaban J connectivity index is 1.46. The topological polar surface area (TPSA) is 51.9 Å². The van der Waals surface area contributed by atoms with Gasteiger partial charge in [0.15, 0.2) is 0 Å². The van der Waals surface area contributed by atoms with Gasteiger partial charge in [0.05, 0.1) is 17.1 Å². The molecule has 0 saturated carbocycles. The molecule has 0 fully saturated rings. The molecule has 1 aromatic carbocycles. The van der Waals surface area contributed by atoms with Crippen molar-refractivity contribution in [1.82, 2.24) is 28.2 Å². The van der Waals surface area contributed by atoms with Crippen LogP contribution in [-0.4, -0.2) is 28.2 Å². The van der Waals surface area contributed by atoms with E-state index < -0.39 is 0 Å². The van der Waals surface area contributed by atoms with Crippen LogP contribution in [-0.2, 0) is 0 Å². The summed E-state index contributed by atoms with van der Waals surface area (Å²) in [6.07, 6.45) is 12.2. The highest BCUT2D eigenvalue weighted by Crippen LogP contribution is 2.32. The highest BCUT2D eigenvalue weighted by molar-refractivity contribution is 5.79. The van der Waals surface area contributed by atoms with Crippen molar-refractivity contribution in [3.8, 4) is 33.8 Å². The molecule has 6 heteroatoms. The molecule has 33 heavy (non-hydrogen) atoms. The largest absolute Gasteiger partial charge is 0.306 e. The van der Waals surface area contributed by atoms with E-state index in [1.165, 1.54) is 0 Å². The lowest BCUT2D eigenvalue weighted by molar-refractivity contribution is 1.19. The highest BCUT2D eigenvalue weighted by Gasteiger charge is 2.14. The first-order valence-corrected chi connectivity index (χ1v) is 10.8. The summed E-state index contributed by atoms with van der Waals surface area (Å²) in [6.45, 7) is 0. The van der Waals surface area contributed by atoms with E-state index in [1.54, 1.807) is 0 Å². The fourth-order valence-corrected chi connectivity index (χ4v) is 4.29. The molecule has 6 heterocycles. The van der Waals surface area contributed by atoms with E-state index in [0.717, 1.165) is 50.7 Å². The number of aromatic nitrogens is 6. The Hall–Kier alpha value is -4.71. The third kappa shape index (κ3) is 3.00. The molecule has 0 radical (unpaired) electrons. The van der Waals surface area contributed by atoms with Gasteiger partial charge >= 0.3 is 0 Å². The Kier molecular flexibility index (Phi) is 3.75. The smallest absolute Gasteiger partial charge is 0.137 e. The summed E-state index contributed by atoms with van der Waals surface area (Å²) in [4.78, 5) is 14.5. The lowest BCUT2D eigenvalue weighted by Crippen LogP contribution is -1.86.